The monoisotopic (exact) mass is 198 g/mol. The Hall–Kier alpha value is -0.970. The maximum absolute atomic E-state index is 9.47. The number of aliphatic hydroxyl groups is 1. The lowest BCUT2D eigenvalue weighted by molar-refractivity contribution is 0.143. The largest absolute Gasteiger partial charge is 0.391 e. The van der Waals surface area contributed by atoms with E-state index in [1.165, 1.54) is 0 Å². The van der Waals surface area contributed by atoms with Gasteiger partial charge in [0.15, 0.2) is 5.82 Å². The standard InChI is InChI=1S/C9H18N4O/c1-4-8(14)6-13-9(5-7(2)3)10-11-12-13/h7-8,14H,4-6H2,1-3H3. The normalized spacial score (nSPS) is 13.5. The lowest BCUT2D eigenvalue weighted by Crippen LogP contribution is -2.18. The second-order valence-electron chi connectivity index (χ2n) is 3.94. The number of rotatable bonds is 5. The van der Waals surface area contributed by atoms with Crippen LogP contribution in [-0.4, -0.2) is 31.4 Å². The van der Waals surface area contributed by atoms with E-state index >= 15 is 0 Å². The number of hydrogen-bond acceptors (Lipinski definition) is 4. The molecule has 1 unspecified atom stereocenters. The van der Waals surface area contributed by atoms with E-state index in [4.69, 9.17) is 0 Å². The predicted octanol–water partition coefficient (Wildman–Crippen LogP) is 0.642. The summed E-state index contributed by atoms with van der Waals surface area (Å²) < 4.78 is 1.69. The van der Waals surface area contributed by atoms with Crippen LogP contribution < -0.4 is 0 Å². The summed E-state index contributed by atoms with van der Waals surface area (Å²) in [7, 11) is 0. The molecule has 0 spiro atoms. The number of aliphatic hydroxyl groups excluding tert-OH is 1. The van der Waals surface area contributed by atoms with Gasteiger partial charge in [0.25, 0.3) is 0 Å². The van der Waals surface area contributed by atoms with Crippen LogP contribution in [0.1, 0.15) is 33.0 Å². The van der Waals surface area contributed by atoms with E-state index in [-0.39, 0.29) is 6.10 Å². The minimum atomic E-state index is -0.357. The van der Waals surface area contributed by atoms with Gasteiger partial charge in [0.05, 0.1) is 12.6 Å². The Kier molecular flexibility index (Phi) is 4.00. The molecule has 1 aromatic heterocycles. The van der Waals surface area contributed by atoms with Crippen molar-refractivity contribution in [3.63, 3.8) is 0 Å². The zero-order valence-corrected chi connectivity index (χ0v) is 9.01. The van der Waals surface area contributed by atoms with Gasteiger partial charge in [-0.05, 0) is 22.8 Å². The molecule has 14 heavy (non-hydrogen) atoms. The SMILES string of the molecule is CCC(O)Cn1nnnc1CC(C)C. The number of aromatic nitrogens is 4. The predicted molar refractivity (Wildman–Crippen MR) is 52.7 cm³/mol. The Morgan fingerprint density at radius 3 is 2.71 bits per heavy atom. The van der Waals surface area contributed by atoms with Crippen molar-refractivity contribution in [3.05, 3.63) is 5.82 Å². The van der Waals surface area contributed by atoms with Gasteiger partial charge in [-0.2, -0.15) is 0 Å². The first-order valence-electron chi connectivity index (χ1n) is 5.06. The van der Waals surface area contributed by atoms with E-state index < -0.39 is 0 Å². The van der Waals surface area contributed by atoms with Crippen LogP contribution in [0.3, 0.4) is 0 Å². The first-order chi connectivity index (χ1) is 6.63. The minimum Gasteiger partial charge on any atom is -0.391 e. The third kappa shape index (κ3) is 3.06. The zero-order chi connectivity index (χ0) is 10.6. The Bertz CT molecular complexity index is 272. The third-order valence-corrected chi connectivity index (χ3v) is 2.05. The smallest absolute Gasteiger partial charge is 0.151 e. The fourth-order valence-electron chi connectivity index (χ4n) is 1.21. The molecule has 0 fully saturated rings. The lowest BCUT2D eigenvalue weighted by Gasteiger charge is -2.09. The Labute approximate surface area is 84.1 Å². The van der Waals surface area contributed by atoms with E-state index in [9.17, 15) is 5.11 Å². The molecule has 0 radical (unpaired) electrons. The third-order valence-electron chi connectivity index (χ3n) is 2.05. The van der Waals surface area contributed by atoms with Gasteiger partial charge in [-0.1, -0.05) is 20.8 Å². The van der Waals surface area contributed by atoms with Crippen molar-refractivity contribution in [3.8, 4) is 0 Å². The molecular formula is C9H18N4O. The summed E-state index contributed by atoms with van der Waals surface area (Å²) in [5, 5.41) is 20.9. The fourth-order valence-corrected chi connectivity index (χ4v) is 1.21. The molecule has 0 saturated heterocycles. The molecule has 1 rings (SSSR count). The molecule has 0 saturated carbocycles. The van der Waals surface area contributed by atoms with E-state index in [0.717, 1.165) is 18.7 Å². The summed E-state index contributed by atoms with van der Waals surface area (Å²) in [6.07, 6.45) is 1.22. The van der Waals surface area contributed by atoms with Crippen LogP contribution >= 0.6 is 0 Å². The molecule has 1 N–H and O–H groups in total. The molecule has 0 amide bonds. The molecule has 1 atom stereocenters. The van der Waals surface area contributed by atoms with Gasteiger partial charge < -0.3 is 5.11 Å². The molecule has 0 aliphatic carbocycles. The van der Waals surface area contributed by atoms with Crippen LogP contribution in [0, 0.1) is 5.92 Å². The molecule has 1 heterocycles. The second kappa shape index (κ2) is 5.05. The maximum Gasteiger partial charge on any atom is 0.151 e. The van der Waals surface area contributed by atoms with Gasteiger partial charge in [0.1, 0.15) is 0 Å². The van der Waals surface area contributed by atoms with Gasteiger partial charge in [-0.3, -0.25) is 0 Å². The Morgan fingerprint density at radius 2 is 2.14 bits per heavy atom. The quantitative estimate of drug-likeness (QED) is 0.754. The molecule has 1 aromatic rings. The minimum absolute atomic E-state index is 0.357. The van der Waals surface area contributed by atoms with Crippen molar-refractivity contribution in [1.29, 1.82) is 0 Å². The zero-order valence-electron chi connectivity index (χ0n) is 9.01. The topological polar surface area (TPSA) is 63.8 Å². The van der Waals surface area contributed by atoms with Gasteiger partial charge in [0.2, 0.25) is 0 Å². The van der Waals surface area contributed by atoms with Gasteiger partial charge in [-0.25, -0.2) is 4.68 Å². The van der Waals surface area contributed by atoms with E-state index in [1.807, 2.05) is 6.92 Å². The fraction of sp³-hybridized carbons (Fsp3) is 0.889. The second-order valence-corrected chi connectivity index (χ2v) is 3.94. The van der Waals surface area contributed by atoms with E-state index in [1.54, 1.807) is 4.68 Å². The molecule has 0 bridgehead atoms. The van der Waals surface area contributed by atoms with Gasteiger partial charge >= 0.3 is 0 Å². The van der Waals surface area contributed by atoms with Gasteiger partial charge in [-0.15, -0.1) is 5.10 Å². The van der Waals surface area contributed by atoms with Gasteiger partial charge in [0, 0.05) is 6.42 Å². The van der Waals surface area contributed by atoms with E-state index in [0.29, 0.717) is 12.5 Å². The molecular weight excluding hydrogens is 180 g/mol. The summed E-state index contributed by atoms with van der Waals surface area (Å²) >= 11 is 0. The van der Waals surface area contributed by atoms with Crippen molar-refractivity contribution >= 4 is 0 Å². The van der Waals surface area contributed by atoms with Crippen LogP contribution in [0.2, 0.25) is 0 Å². The van der Waals surface area contributed by atoms with Crippen LogP contribution in [0.4, 0.5) is 0 Å². The van der Waals surface area contributed by atoms with Crippen molar-refractivity contribution in [1.82, 2.24) is 20.2 Å². The number of hydrogen-bond donors (Lipinski definition) is 1. The average molecular weight is 198 g/mol. The van der Waals surface area contributed by atoms with Crippen molar-refractivity contribution in [2.24, 2.45) is 5.92 Å². The highest BCUT2D eigenvalue weighted by molar-refractivity contribution is 4.82. The first-order valence-corrected chi connectivity index (χ1v) is 5.06. The van der Waals surface area contributed by atoms with Crippen LogP contribution in [-0.2, 0) is 13.0 Å². The van der Waals surface area contributed by atoms with E-state index in [2.05, 4.69) is 29.4 Å². The average Bonchev–Trinajstić information content (AvgIpc) is 2.52. The lowest BCUT2D eigenvalue weighted by atomic mass is 10.1. The summed E-state index contributed by atoms with van der Waals surface area (Å²) in [6.45, 7) is 6.67. The Morgan fingerprint density at radius 1 is 1.43 bits per heavy atom. The van der Waals surface area contributed by atoms with Crippen molar-refractivity contribution < 1.29 is 5.11 Å². The van der Waals surface area contributed by atoms with Crippen LogP contribution in [0.25, 0.3) is 0 Å². The highest BCUT2D eigenvalue weighted by atomic mass is 16.3. The van der Waals surface area contributed by atoms with Crippen molar-refractivity contribution in [2.45, 2.75) is 46.3 Å². The molecule has 5 heteroatoms. The van der Waals surface area contributed by atoms with Crippen molar-refractivity contribution in [2.75, 3.05) is 0 Å². The summed E-state index contributed by atoms with van der Waals surface area (Å²) in [5.41, 5.74) is 0. The molecule has 0 aromatic carbocycles. The Balaban J connectivity index is 2.62. The molecule has 5 nitrogen and oxygen atoms in total. The number of tetrazole rings is 1. The highest BCUT2D eigenvalue weighted by Crippen LogP contribution is 2.04. The molecule has 80 valence electrons. The molecule has 0 aliphatic heterocycles. The summed E-state index contributed by atoms with van der Waals surface area (Å²) in [6, 6.07) is 0. The summed E-state index contributed by atoms with van der Waals surface area (Å²) in [5.74, 6) is 1.38. The first kappa shape index (κ1) is 11.1. The van der Waals surface area contributed by atoms with Crippen LogP contribution in [0.5, 0.6) is 0 Å². The highest BCUT2D eigenvalue weighted by Gasteiger charge is 2.10. The summed E-state index contributed by atoms with van der Waals surface area (Å²) in [4.78, 5) is 0. The molecule has 0 aliphatic rings. The number of nitrogens with zero attached hydrogens (tertiary/aromatic N) is 4. The van der Waals surface area contributed by atoms with Crippen LogP contribution in [0.15, 0.2) is 0 Å². The maximum atomic E-state index is 9.47.